The minimum atomic E-state index is 0.611. The van der Waals surface area contributed by atoms with Crippen LogP contribution in [0.2, 0.25) is 0 Å². The Morgan fingerprint density at radius 2 is 1.90 bits per heavy atom. The van der Waals surface area contributed by atoms with E-state index in [-0.39, 0.29) is 0 Å². The number of benzene rings is 2. The molecule has 0 atom stereocenters. The van der Waals surface area contributed by atoms with E-state index in [4.69, 9.17) is 0 Å². The summed E-state index contributed by atoms with van der Waals surface area (Å²) in [7, 11) is 0. The van der Waals surface area contributed by atoms with Crippen molar-refractivity contribution in [2.45, 2.75) is 6.92 Å². The van der Waals surface area contributed by atoms with Crippen molar-refractivity contribution in [2.24, 2.45) is 0 Å². The van der Waals surface area contributed by atoms with Crippen LogP contribution in [-0.2, 0) is 0 Å². The van der Waals surface area contributed by atoms with Gasteiger partial charge < -0.3 is 10.3 Å². The summed E-state index contributed by atoms with van der Waals surface area (Å²) in [5.74, 6) is 0.611. The van der Waals surface area contributed by atoms with Crippen LogP contribution in [0.25, 0.3) is 21.8 Å². The van der Waals surface area contributed by atoms with Crippen LogP contribution in [0.15, 0.2) is 54.7 Å². The van der Waals surface area contributed by atoms with Gasteiger partial charge in [0.2, 0.25) is 5.95 Å². The molecular formula is C17H14N4. The normalized spacial score (nSPS) is 11.1. The number of fused-ring (bicyclic) bond motifs is 2. The summed E-state index contributed by atoms with van der Waals surface area (Å²) in [6, 6.07) is 16.3. The number of nitrogens with one attached hydrogen (secondary N) is 2. The molecule has 0 bridgehead atoms. The minimum absolute atomic E-state index is 0.611. The monoisotopic (exact) mass is 274 g/mol. The first kappa shape index (κ1) is 11.9. The molecule has 0 unspecified atom stereocenters. The number of aromatic nitrogens is 3. The van der Waals surface area contributed by atoms with E-state index in [0.717, 1.165) is 27.8 Å². The van der Waals surface area contributed by atoms with Crippen molar-refractivity contribution < 1.29 is 0 Å². The molecule has 0 aliphatic heterocycles. The quantitative estimate of drug-likeness (QED) is 0.577. The molecule has 2 heterocycles. The number of para-hydroxylation sites is 1. The Labute approximate surface area is 121 Å². The zero-order chi connectivity index (χ0) is 14.2. The summed E-state index contributed by atoms with van der Waals surface area (Å²) >= 11 is 0. The van der Waals surface area contributed by atoms with Crippen molar-refractivity contribution >= 4 is 33.4 Å². The van der Waals surface area contributed by atoms with Crippen molar-refractivity contribution in [1.29, 1.82) is 0 Å². The first-order valence-corrected chi connectivity index (χ1v) is 6.86. The molecule has 0 spiro atoms. The Bertz CT molecular complexity index is 940. The van der Waals surface area contributed by atoms with Gasteiger partial charge in [0.05, 0.1) is 5.52 Å². The maximum absolute atomic E-state index is 4.53. The summed E-state index contributed by atoms with van der Waals surface area (Å²) < 4.78 is 0. The van der Waals surface area contributed by atoms with E-state index in [1.165, 1.54) is 5.39 Å². The number of rotatable bonds is 2. The fourth-order valence-electron chi connectivity index (χ4n) is 2.52. The molecule has 0 aliphatic rings. The van der Waals surface area contributed by atoms with Gasteiger partial charge in [-0.15, -0.1) is 0 Å². The van der Waals surface area contributed by atoms with Crippen LogP contribution < -0.4 is 5.32 Å². The average Bonchev–Trinajstić information content (AvgIpc) is 2.86. The predicted octanol–water partition coefficient (Wildman–Crippen LogP) is 4.16. The van der Waals surface area contributed by atoms with Crippen LogP contribution in [-0.4, -0.2) is 15.0 Å². The summed E-state index contributed by atoms with van der Waals surface area (Å²) in [5, 5.41) is 5.48. The molecular weight excluding hydrogens is 260 g/mol. The lowest BCUT2D eigenvalue weighted by Gasteiger charge is -2.05. The van der Waals surface area contributed by atoms with Crippen LogP contribution in [0.4, 0.5) is 11.6 Å². The smallest absolute Gasteiger partial charge is 0.227 e. The van der Waals surface area contributed by atoms with Crippen LogP contribution in [0, 0.1) is 6.92 Å². The number of hydrogen-bond donors (Lipinski definition) is 2. The topological polar surface area (TPSA) is 53.6 Å². The number of aryl methyl sites for hydroxylation is 1. The Balaban J connectivity index is 1.71. The molecule has 2 aromatic heterocycles. The molecule has 21 heavy (non-hydrogen) atoms. The minimum Gasteiger partial charge on any atom is -0.359 e. The van der Waals surface area contributed by atoms with Gasteiger partial charge in [0.15, 0.2) is 0 Å². The zero-order valence-corrected chi connectivity index (χ0v) is 11.6. The molecule has 4 heteroatoms. The number of H-pyrrole nitrogens is 1. The molecule has 4 nitrogen and oxygen atoms in total. The largest absolute Gasteiger partial charge is 0.359 e. The van der Waals surface area contributed by atoms with Crippen molar-refractivity contribution in [3.63, 3.8) is 0 Å². The summed E-state index contributed by atoms with van der Waals surface area (Å²) in [5.41, 5.74) is 4.21. The Morgan fingerprint density at radius 1 is 1.00 bits per heavy atom. The van der Waals surface area contributed by atoms with E-state index in [1.807, 2.05) is 36.5 Å². The van der Waals surface area contributed by atoms with E-state index in [1.54, 1.807) is 0 Å². The second-order valence-electron chi connectivity index (χ2n) is 5.13. The molecule has 2 N–H and O–H groups in total. The lowest BCUT2D eigenvalue weighted by atomic mass is 10.2. The Morgan fingerprint density at radius 3 is 2.86 bits per heavy atom. The molecule has 2 aromatic carbocycles. The average molecular weight is 274 g/mol. The van der Waals surface area contributed by atoms with E-state index in [2.05, 4.69) is 45.4 Å². The van der Waals surface area contributed by atoms with Crippen LogP contribution in [0.3, 0.4) is 0 Å². The van der Waals surface area contributed by atoms with Gasteiger partial charge in [0.1, 0.15) is 0 Å². The first-order chi connectivity index (χ1) is 10.3. The maximum Gasteiger partial charge on any atom is 0.227 e. The second kappa shape index (κ2) is 4.59. The highest BCUT2D eigenvalue weighted by molar-refractivity contribution is 5.85. The van der Waals surface area contributed by atoms with Gasteiger partial charge in [-0.1, -0.05) is 18.2 Å². The zero-order valence-electron chi connectivity index (χ0n) is 11.6. The Kier molecular flexibility index (Phi) is 2.60. The molecule has 0 radical (unpaired) electrons. The third-order valence-electron chi connectivity index (χ3n) is 3.50. The van der Waals surface area contributed by atoms with Crippen molar-refractivity contribution in [3.05, 3.63) is 60.4 Å². The van der Waals surface area contributed by atoms with Crippen molar-refractivity contribution in [3.8, 4) is 0 Å². The van der Waals surface area contributed by atoms with E-state index >= 15 is 0 Å². The van der Waals surface area contributed by atoms with Gasteiger partial charge in [-0.25, -0.2) is 9.97 Å². The molecule has 4 aromatic rings. The predicted molar refractivity (Wildman–Crippen MR) is 85.9 cm³/mol. The molecule has 0 fully saturated rings. The number of nitrogens with zero attached hydrogens (tertiary/aromatic N) is 2. The van der Waals surface area contributed by atoms with Gasteiger partial charge in [0.25, 0.3) is 0 Å². The summed E-state index contributed by atoms with van der Waals surface area (Å²) in [4.78, 5) is 12.2. The van der Waals surface area contributed by atoms with Crippen LogP contribution >= 0.6 is 0 Å². The lowest BCUT2D eigenvalue weighted by molar-refractivity contribution is 1.21. The lowest BCUT2D eigenvalue weighted by Crippen LogP contribution is -1.96. The fraction of sp³-hybridized carbons (Fsp3) is 0.0588. The molecule has 0 saturated carbocycles. The molecule has 0 amide bonds. The Hall–Kier alpha value is -2.88. The van der Waals surface area contributed by atoms with E-state index in [9.17, 15) is 0 Å². The van der Waals surface area contributed by atoms with Gasteiger partial charge in [-0.2, -0.15) is 0 Å². The summed E-state index contributed by atoms with van der Waals surface area (Å²) in [6.45, 7) is 2.06. The van der Waals surface area contributed by atoms with Crippen LogP contribution in [0.5, 0.6) is 0 Å². The number of aromatic amines is 1. The standard InChI is InChI=1S/C17H14N4/c1-11-8-13-9-14(6-7-16(13)19-11)20-17-18-10-12-4-2-3-5-15(12)21-17/h2-10,19H,1H3,(H,18,20,21). The molecule has 0 saturated heterocycles. The number of anilines is 2. The third kappa shape index (κ3) is 2.21. The van der Waals surface area contributed by atoms with Gasteiger partial charge >= 0.3 is 0 Å². The third-order valence-corrected chi connectivity index (χ3v) is 3.50. The second-order valence-corrected chi connectivity index (χ2v) is 5.13. The first-order valence-electron chi connectivity index (χ1n) is 6.86. The number of hydrogen-bond acceptors (Lipinski definition) is 3. The maximum atomic E-state index is 4.53. The highest BCUT2D eigenvalue weighted by Crippen LogP contribution is 2.22. The van der Waals surface area contributed by atoms with Crippen molar-refractivity contribution in [2.75, 3.05) is 5.32 Å². The SMILES string of the molecule is Cc1cc2cc(Nc3ncc4ccccc4n3)ccc2[nH]1. The van der Waals surface area contributed by atoms with E-state index < -0.39 is 0 Å². The van der Waals surface area contributed by atoms with Crippen molar-refractivity contribution in [1.82, 2.24) is 15.0 Å². The van der Waals surface area contributed by atoms with Gasteiger partial charge in [-0.05, 0) is 37.3 Å². The molecule has 0 aliphatic carbocycles. The van der Waals surface area contributed by atoms with Crippen LogP contribution in [0.1, 0.15) is 5.69 Å². The highest BCUT2D eigenvalue weighted by atomic mass is 15.1. The summed E-state index contributed by atoms with van der Waals surface area (Å²) in [6.07, 6.45) is 1.84. The molecule has 4 rings (SSSR count). The van der Waals surface area contributed by atoms with Gasteiger partial charge in [-0.3, -0.25) is 0 Å². The molecule has 102 valence electrons. The highest BCUT2D eigenvalue weighted by Gasteiger charge is 2.02. The fourth-order valence-corrected chi connectivity index (χ4v) is 2.52. The van der Waals surface area contributed by atoms with Gasteiger partial charge in [0, 0.05) is 33.9 Å². The van der Waals surface area contributed by atoms with E-state index in [0.29, 0.717) is 5.95 Å².